The molecule has 0 bridgehead atoms. The zero-order valence-electron chi connectivity index (χ0n) is 10.9. The van der Waals surface area contributed by atoms with Gasteiger partial charge in [-0.25, -0.2) is 4.39 Å². The second kappa shape index (κ2) is 5.61. The lowest BCUT2D eigenvalue weighted by molar-refractivity contribution is 0.241. The average Bonchev–Trinajstić information content (AvgIpc) is 2.30. The molecule has 0 radical (unpaired) electrons. The molecule has 0 aliphatic rings. The van der Waals surface area contributed by atoms with Crippen LogP contribution < -0.4 is 15.2 Å². The molecule has 0 fully saturated rings. The van der Waals surface area contributed by atoms with Crippen LogP contribution >= 0.6 is 0 Å². The lowest BCUT2D eigenvalue weighted by atomic mass is 10.2. The van der Waals surface area contributed by atoms with Gasteiger partial charge >= 0.3 is 0 Å². The van der Waals surface area contributed by atoms with Gasteiger partial charge in [-0.05, 0) is 26.0 Å². The summed E-state index contributed by atoms with van der Waals surface area (Å²) in [5, 5.41) is 0. The molecule has 3 nitrogen and oxygen atoms in total. The first-order valence-electron chi connectivity index (χ1n) is 6.04. The van der Waals surface area contributed by atoms with E-state index in [9.17, 15) is 4.39 Å². The monoisotopic (exact) mass is 261 g/mol. The van der Waals surface area contributed by atoms with E-state index in [4.69, 9.17) is 15.2 Å². The maximum absolute atomic E-state index is 13.5. The Morgan fingerprint density at radius 3 is 2.42 bits per heavy atom. The van der Waals surface area contributed by atoms with Crippen molar-refractivity contribution in [3.05, 3.63) is 48.3 Å². The van der Waals surface area contributed by atoms with Crippen molar-refractivity contribution in [1.29, 1.82) is 0 Å². The van der Waals surface area contributed by atoms with Crippen LogP contribution in [0.1, 0.15) is 13.8 Å². The largest absolute Gasteiger partial charge is 0.491 e. The molecule has 0 saturated heterocycles. The quantitative estimate of drug-likeness (QED) is 0.846. The lowest BCUT2D eigenvalue weighted by Gasteiger charge is -2.13. The zero-order valence-corrected chi connectivity index (χ0v) is 10.9. The van der Waals surface area contributed by atoms with Gasteiger partial charge in [-0.2, -0.15) is 0 Å². The van der Waals surface area contributed by atoms with Crippen LogP contribution in [0.15, 0.2) is 42.5 Å². The Balaban J connectivity index is 2.25. The van der Waals surface area contributed by atoms with E-state index in [-0.39, 0.29) is 11.9 Å². The first-order valence-corrected chi connectivity index (χ1v) is 6.04. The number of anilines is 1. The van der Waals surface area contributed by atoms with Crippen LogP contribution in [0.4, 0.5) is 10.1 Å². The molecule has 2 aromatic rings. The van der Waals surface area contributed by atoms with Crippen LogP contribution in [-0.4, -0.2) is 6.10 Å². The van der Waals surface area contributed by atoms with Crippen LogP contribution in [0.5, 0.6) is 17.2 Å². The highest BCUT2D eigenvalue weighted by molar-refractivity contribution is 5.51. The molecule has 2 aromatic carbocycles. The maximum atomic E-state index is 13.5. The second-order valence-corrected chi connectivity index (χ2v) is 4.44. The fourth-order valence-corrected chi connectivity index (χ4v) is 1.65. The van der Waals surface area contributed by atoms with E-state index in [1.165, 1.54) is 6.07 Å². The minimum atomic E-state index is -0.420. The fourth-order valence-electron chi connectivity index (χ4n) is 1.65. The fraction of sp³-hybridized carbons (Fsp3) is 0.200. The number of nitrogen functional groups attached to an aromatic ring is 1. The summed E-state index contributed by atoms with van der Waals surface area (Å²) in [4.78, 5) is 0. The molecule has 2 N–H and O–H groups in total. The Bertz CT molecular complexity index is 570. The van der Waals surface area contributed by atoms with E-state index in [1.54, 1.807) is 36.4 Å². The molecule has 19 heavy (non-hydrogen) atoms. The third-order valence-electron chi connectivity index (χ3n) is 2.34. The summed E-state index contributed by atoms with van der Waals surface area (Å²) in [5.41, 5.74) is 6.28. The molecule has 0 amide bonds. The summed E-state index contributed by atoms with van der Waals surface area (Å²) >= 11 is 0. The first kappa shape index (κ1) is 13.2. The molecule has 2 rings (SSSR count). The smallest absolute Gasteiger partial charge is 0.165 e. The lowest BCUT2D eigenvalue weighted by Crippen LogP contribution is -2.06. The Hall–Kier alpha value is -2.23. The third kappa shape index (κ3) is 3.61. The molecule has 4 heteroatoms. The van der Waals surface area contributed by atoms with Crippen LogP contribution in [0.2, 0.25) is 0 Å². The molecular weight excluding hydrogens is 245 g/mol. The van der Waals surface area contributed by atoms with Crippen LogP contribution in [0, 0.1) is 5.82 Å². The number of hydrogen-bond donors (Lipinski definition) is 1. The molecular formula is C15H16FNO2. The Labute approximate surface area is 111 Å². The maximum Gasteiger partial charge on any atom is 0.165 e. The van der Waals surface area contributed by atoms with Gasteiger partial charge < -0.3 is 15.2 Å². The van der Waals surface area contributed by atoms with Gasteiger partial charge in [0.05, 0.1) is 6.10 Å². The van der Waals surface area contributed by atoms with Crippen LogP contribution in [0.25, 0.3) is 0 Å². The van der Waals surface area contributed by atoms with Crippen LogP contribution in [-0.2, 0) is 0 Å². The molecule has 0 saturated carbocycles. The molecule has 100 valence electrons. The van der Waals surface area contributed by atoms with Crippen molar-refractivity contribution >= 4 is 5.69 Å². The summed E-state index contributed by atoms with van der Waals surface area (Å²) < 4.78 is 24.5. The van der Waals surface area contributed by atoms with Gasteiger partial charge in [0.15, 0.2) is 11.6 Å². The Morgan fingerprint density at radius 1 is 1.05 bits per heavy atom. The number of benzene rings is 2. The molecule has 0 aliphatic carbocycles. The van der Waals surface area contributed by atoms with Crippen molar-refractivity contribution in [3.8, 4) is 17.2 Å². The van der Waals surface area contributed by atoms with Crippen molar-refractivity contribution in [1.82, 2.24) is 0 Å². The van der Waals surface area contributed by atoms with Crippen molar-refractivity contribution < 1.29 is 13.9 Å². The number of hydrogen-bond acceptors (Lipinski definition) is 3. The Morgan fingerprint density at radius 2 is 1.74 bits per heavy atom. The third-order valence-corrected chi connectivity index (χ3v) is 2.34. The van der Waals surface area contributed by atoms with Crippen LogP contribution in [0.3, 0.4) is 0 Å². The van der Waals surface area contributed by atoms with Crippen molar-refractivity contribution in [2.75, 3.05) is 5.73 Å². The molecule has 0 atom stereocenters. The highest BCUT2D eigenvalue weighted by Crippen LogP contribution is 2.30. The van der Waals surface area contributed by atoms with Crippen molar-refractivity contribution in [2.24, 2.45) is 0 Å². The number of halogens is 1. The topological polar surface area (TPSA) is 44.5 Å². The van der Waals surface area contributed by atoms with E-state index in [0.29, 0.717) is 17.2 Å². The predicted octanol–water partition coefficient (Wildman–Crippen LogP) is 3.99. The van der Waals surface area contributed by atoms with Crippen molar-refractivity contribution in [2.45, 2.75) is 20.0 Å². The molecule has 0 aromatic heterocycles. The summed E-state index contributed by atoms with van der Waals surface area (Å²) in [7, 11) is 0. The normalized spacial score (nSPS) is 10.5. The second-order valence-electron chi connectivity index (χ2n) is 4.44. The van der Waals surface area contributed by atoms with E-state index in [0.717, 1.165) is 0 Å². The minimum Gasteiger partial charge on any atom is -0.491 e. The zero-order chi connectivity index (χ0) is 13.8. The van der Waals surface area contributed by atoms with E-state index in [2.05, 4.69) is 0 Å². The standard InChI is InChI=1S/C15H16FNO2/c1-10(2)18-12-7-11(17)8-13(9-12)19-15-6-4-3-5-14(15)16/h3-10H,17H2,1-2H3. The van der Waals surface area contributed by atoms with Gasteiger partial charge in [-0.3, -0.25) is 0 Å². The van der Waals surface area contributed by atoms with E-state index < -0.39 is 5.82 Å². The minimum absolute atomic E-state index is 0.0307. The molecule has 0 heterocycles. The summed E-state index contributed by atoms with van der Waals surface area (Å²) in [6.45, 7) is 3.83. The molecule has 0 unspecified atom stereocenters. The predicted molar refractivity (Wildman–Crippen MR) is 73.1 cm³/mol. The van der Waals surface area contributed by atoms with Gasteiger partial charge in [0.2, 0.25) is 0 Å². The van der Waals surface area contributed by atoms with Gasteiger partial charge in [-0.1, -0.05) is 12.1 Å². The van der Waals surface area contributed by atoms with Crippen molar-refractivity contribution in [3.63, 3.8) is 0 Å². The summed E-state index contributed by atoms with van der Waals surface area (Å²) in [5.74, 6) is 0.780. The van der Waals surface area contributed by atoms with Gasteiger partial charge in [0, 0.05) is 23.9 Å². The molecule has 0 spiro atoms. The first-order chi connectivity index (χ1) is 9.04. The summed E-state index contributed by atoms with van der Waals surface area (Å²) in [6, 6.07) is 11.2. The van der Waals surface area contributed by atoms with E-state index in [1.807, 2.05) is 13.8 Å². The SMILES string of the molecule is CC(C)Oc1cc(N)cc(Oc2ccccc2F)c1. The van der Waals surface area contributed by atoms with Gasteiger partial charge in [0.1, 0.15) is 11.5 Å². The van der Waals surface area contributed by atoms with Gasteiger partial charge in [-0.15, -0.1) is 0 Å². The highest BCUT2D eigenvalue weighted by atomic mass is 19.1. The number of para-hydroxylation sites is 1. The van der Waals surface area contributed by atoms with Gasteiger partial charge in [0.25, 0.3) is 0 Å². The van der Waals surface area contributed by atoms with E-state index >= 15 is 0 Å². The number of rotatable bonds is 4. The summed E-state index contributed by atoms with van der Waals surface area (Å²) in [6.07, 6.45) is 0.0307. The number of nitrogens with two attached hydrogens (primary N) is 1. The number of ether oxygens (including phenoxy) is 2. The molecule has 0 aliphatic heterocycles. The average molecular weight is 261 g/mol. The Kier molecular flexibility index (Phi) is 3.90. The highest BCUT2D eigenvalue weighted by Gasteiger charge is 2.07.